The van der Waals surface area contributed by atoms with Crippen molar-refractivity contribution in [2.75, 3.05) is 31.6 Å². The molecule has 1 fully saturated rings. The monoisotopic (exact) mass is 352 g/mol. The number of nitrogens with zero attached hydrogens (tertiary/aromatic N) is 1. The highest BCUT2D eigenvalue weighted by molar-refractivity contribution is 9.10. The van der Waals surface area contributed by atoms with Crippen molar-refractivity contribution in [2.24, 2.45) is 5.92 Å². The van der Waals surface area contributed by atoms with Crippen LogP contribution < -0.4 is 15.0 Å². The second kappa shape index (κ2) is 6.22. The molecule has 2 rings (SSSR count). The van der Waals surface area contributed by atoms with Gasteiger partial charge in [-0.3, -0.25) is 0 Å². The molecule has 1 heterocycles. The van der Waals surface area contributed by atoms with E-state index in [1.807, 2.05) is 7.05 Å². The molecule has 0 saturated carbocycles. The van der Waals surface area contributed by atoms with Crippen LogP contribution in [0.25, 0.3) is 0 Å². The quantitative estimate of drug-likeness (QED) is 0.898. The summed E-state index contributed by atoms with van der Waals surface area (Å²) in [5, 5.41) is 3.15. The number of hydrogen-bond donors (Lipinski definition) is 1. The third-order valence-electron chi connectivity index (χ3n) is 3.28. The Bertz CT molecular complexity index is 467. The van der Waals surface area contributed by atoms with Crippen molar-refractivity contribution in [3.63, 3.8) is 0 Å². The number of ether oxygens (including phenoxy) is 1. The van der Waals surface area contributed by atoms with Gasteiger partial charge in [-0.15, -0.1) is 13.2 Å². The molecule has 20 heavy (non-hydrogen) atoms. The first kappa shape index (κ1) is 15.4. The minimum atomic E-state index is -4.67. The number of anilines is 1. The maximum absolute atomic E-state index is 12.2. The molecule has 1 atom stereocenters. The predicted molar refractivity (Wildman–Crippen MR) is 75.1 cm³/mol. The van der Waals surface area contributed by atoms with Crippen LogP contribution in [-0.2, 0) is 0 Å². The summed E-state index contributed by atoms with van der Waals surface area (Å²) in [4.78, 5) is 2.17. The van der Waals surface area contributed by atoms with Crippen molar-refractivity contribution in [3.05, 3.63) is 22.7 Å². The minimum absolute atomic E-state index is 0.216. The first-order valence-electron chi connectivity index (χ1n) is 6.34. The van der Waals surface area contributed by atoms with Crippen LogP contribution in [0.2, 0.25) is 0 Å². The van der Waals surface area contributed by atoms with E-state index in [4.69, 9.17) is 0 Å². The summed E-state index contributed by atoms with van der Waals surface area (Å²) in [5.74, 6) is 0.358. The van der Waals surface area contributed by atoms with E-state index >= 15 is 0 Å². The number of benzene rings is 1. The van der Waals surface area contributed by atoms with Gasteiger partial charge in [-0.25, -0.2) is 0 Å². The third-order valence-corrected chi connectivity index (χ3v) is 3.90. The number of halogens is 4. The zero-order valence-corrected chi connectivity index (χ0v) is 12.6. The zero-order valence-electron chi connectivity index (χ0n) is 11.0. The van der Waals surface area contributed by atoms with E-state index < -0.39 is 6.36 Å². The summed E-state index contributed by atoms with van der Waals surface area (Å²) in [5.41, 5.74) is 0.907. The Balaban J connectivity index is 2.06. The molecule has 112 valence electrons. The van der Waals surface area contributed by atoms with E-state index in [1.165, 1.54) is 6.07 Å². The van der Waals surface area contributed by atoms with E-state index in [2.05, 4.69) is 30.9 Å². The number of alkyl halides is 3. The highest BCUT2D eigenvalue weighted by Crippen LogP contribution is 2.34. The first-order valence-corrected chi connectivity index (χ1v) is 7.13. The van der Waals surface area contributed by atoms with Gasteiger partial charge in [-0.05, 0) is 60.1 Å². The molecule has 1 N–H and O–H groups in total. The molecule has 0 aromatic heterocycles. The van der Waals surface area contributed by atoms with Gasteiger partial charge in [0.15, 0.2) is 0 Å². The van der Waals surface area contributed by atoms with Gasteiger partial charge >= 0.3 is 6.36 Å². The van der Waals surface area contributed by atoms with Crippen molar-refractivity contribution < 1.29 is 17.9 Å². The fourth-order valence-corrected chi connectivity index (χ4v) is 2.86. The predicted octanol–water partition coefficient (Wildman–Crippen LogP) is 3.39. The van der Waals surface area contributed by atoms with Gasteiger partial charge in [0.25, 0.3) is 0 Å². The lowest BCUT2D eigenvalue weighted by Crippen LogP contribution is -2.24. The van der Waals surface area contributed by atoms with Crippen molar-refractivity contribution in [2.45, 2.75) is 12.8 Å². The van der Waals surface area contributed by atoms with E-state index in [0.717, 1.165) is 31.7 Å². The molecule has 1 aromatic rings. The third kappa shape index (κ3) is 4.02. The molecule has 7 heteroatoms. The van der Waals surface area contributed by atoms with E-state index in [0.29, 0.717) is 10.4 Å². The van der Waals surface area contributed by atoms with E-state index in [-0.39, 0.29) is 5.75 Å². The Morgan fingerprint density at radius 3 is 2.80 bits per heavy atom. The van der Waals surface area contributed by atoms with Gasteiger partial charge in [-0.1, -0.05) is 0 Å². The van der Waals surface area contributed by atoms with Crippen molar-refractivity contribution in [1.29, 1.82) is 0 Å². The average molecular weight is 353 g/mol. The lowest BCUT2D eigenvalue weighted by atomic mass is 10.1. The minimum Gasteiger partial charge on any atom is -0.405 e. The Kier molecular flexibility index (Phi) is 4.80. The van der Waals surface area contributed by atoms with Crippen LogP contribution in [0.1, 0.15) is 6.42 Å². The summed E-state index contributed by atoms with van der Waals surface area (Å²) in [7, 11) is 1.92. The van der Waals surface area contributed by atoms with Gasteiger partial charge in [0.05, 0.1) is 4.47 Å². The SMILES string of the molecule is CNCC1CCN(c2ccc(OC(F)(F)F)c(Br)c2)C1. The fourth-order valence-electron chi connectivity index (χ4n) is 2.42. The maximum atomic E-state index is 12.2. The second-order valence-electron chi connectivity index (χ2n) is 4.82. The second-order valence-corrected chi connectivity index (χ2v) is 5.68. The smallest absolute Gasteiger partial charge is 0.405 e. The van der Waals surface area contributed by atoms with Crippen LogP contribution >= 0.6 is 15.9 Å². The van der Waals surface area contributed by atoms with Crippen LogP contribution in [0.15, 0.2) is 22.7 Å². The summed E-state index contributed by atoms with van der Waals surface area (Å²) in [6.07, 6.45) is -3.59. The Morgan fingerprint density at radius 2 is 2.20 bits per heavy atom. The molecule has 0 amide bonds. The lowest BCUT2D eigenvalue weighted by Gasteiger charge is -2.20. The first-order chi connectivity index (χ1) is 9.39. The number of nitrogens with one attached hydrogen (secondary N) is 1. The largest absolute Gasteiger partial charge is 0.573 e. The van der Waals surface area contributed by atoms with Crippen LogP contribution in [0.4, 0.5) is 18.9 Å². The van der Waals surface area contributed by atoms with Gasteiger partial charge in [0.2, 0.25) is 0 Å². The van der Waals surface area contributed by atoms with Crippen LogP contribution in [-0.4, -0.2) is 33.0 Å². The topological polar surface area (TPSA) is 24.5 Å². The van der Waals surface area contributed by atoms with Crippen molar-refractivity contribution >= 4 is 21.6 Å². The fraction of sp³-hybridized carbons (Fsp3) is 0.538. The summed E-state index contributed by atoms with van der Waals surface area (Å²) >= 11 is 3.13. The van der Waals surface area contributed by atoms with Crippen LogP contribution in [0, 0.1) is 5.92 Å². The normalized spacial score (nSPS) is 19.4. The molecule has 1 aliphatic heterocycles. The van der Waals surface area contributed by atoms with Crippen molar-refractivity contribution in [1.82, 2.24) is 5.32 Å². The molecule has 0 spiro atoms. The standard InChI is InChI=1S/C13H16BrF3N2O/c1-18-7-9-4-5-19(8-9)10-2-3-12(11(14)6-10)20-13(15,16)17/h2-3,6,9,18H,4-5,7-8H2,1H3. The van der Waals surface area contributed by atoms with Gasteiger partial charge < -0.3 is 15.0 Å². The zero-order chi connectivity index (χ0) is 14.8. The molecule has 0 bridgehead atoms. The molecule has 1 saturated heterocycles. The van der Waals surface area contributed by atoms with E-state index in [1.54, 1.807) is 12.1 Å². The molecule has 3 nitrogen and oxygen atoms in total. The average Bonchev–Trinajstić information content (AvgIpc) is 2.79. The Morgan fingerprint density at radius 1 is 1.45 bits per heavy atom. The summed E-state index contributed by atoms with van der Waals surface area (Å²) in [6.45, 7) is 2.78. The molecule has 1 aliphatic rings. The maximum Gasteiger partial charge on any atom is 0.573 e. The van der Waals surface area contributed by atoms with Gasteiger partial charge in [-0.2, -0.15) is 0 Å². The van der Waals surface area contributed by atoms with Crippen LogP contribution in [0.3, 0.4) is 0 Å². The summed E-state index contributed by atoms with van der Waals surface area (Å²) in [6, 6.07) is 4.68. The number of rotatable bonds is 4. The Hall–Kier alpha value is -0.950. The molecular formula is C13H16BrF3N2O. The molecule has 0 radical (unpaired) electrons. The molecule has 1 aromatic carbocycles. The highest BCUT2D eigenvalue weighted by atomic mass is 79.9. The highest BCUT2D eigenvalue weighted by Gasteiger charge is 2.32. The number of hydrogen-bond acceptors (Lipinski definition) is 3. The summed E-state index contributed by atoms with van der Waals surface area (Å²) < 4.78 is 40.8. The lowest BCUT2D eigenvalue weighted by molar-refractivity contribution is -0.274. The molecule has 0 aliphatic carbocycles. The Labute approximate surface area is 124 Å². The van der Waals surface area contributed by atoms with E-state index in [9.17, 15) is 13.2 Å². The van der Waals surface area contributed by atoms with Crippen molar-refractivity contribution in [3.8, 4) is 5.75 Å². The molecule has 1 unspecified atom stereocenters. The van der Waals surface area contributed by atoms with Gasteiger partial charge in [0, 0.05) is 18.8 Å². The molecular weight excluding hydrogens is 337 g/mol. The van der Waals surface area contributed by atoms with Gasteiger partial charge in [0.1, 0.15) is 5.75 Å². The van der Waals surface area contributed by atoms with Crippen LogP contribution in [0.5, 0.6) is 5.75 Å².